The Morgan fingerprint density at radius 1 is 1.14 bits per heavy atom. The lowest BCUT2D eigenvalue weighted by Gasteiger charge is -2.33. The predicted molar refractivity (Wildman–Crippen MR) is 154 cm³/mol. The van der Waals surface area contributed by atoms with Crippen LogP contribution < -0.4 is 4.74 Å². The van der Waals surface area contributed by atoms with Crippen LogP contribution in [0.25, 0.3) is 5.65 Å². The van der Waals surface area contributed by atoms with Gasteiger partial charge in [0, 0.05) is 24.9 Å². The number of nitrogens with zero attached hydrogens (tertiary/aromatic N) is 5. The number of carboxylic acid groups (broad SMARTS) is 1. The Labute approximate surface area is 252 Å². The van der Waals surface area contributed by atoms with Crippen LogP contribution in [-0.4, -0.2) is 55.5 Å². The smallest absolute Gasteiger partial charge is 0.452 e. The first kappa shape index (κ1) is 31.4. The molecule has 0 saturated heterocycles. The molecule has 1 atom stereocenters. The Kier molecular flexibility index (Phi) is 7.52. The highest BCUT2D eigenvalue weighted by Crippen LogP contribution is 2.44. The summed E-state index contributed by atoms with van der Waals surface area (Å²) in [5.41, 5.74) is 0.353. The third-order valence-electron chi connectivity index (χ3n) is 8.04. The molecule has 14 heteroatoms. The zero-order chi connectivity index (χ0) is 32.4. The third-order valence-corrected chi connectivity index (χ3v) is 9.85. The number of benzene rings is 1. The summed E-state index contributed by atoms with van der Waals surface area (Å²) in [6.45, 7) is 9.99. The normalized spacial score (nSPS) is 17.5. The molecule has 4 aromatic rings. The van der Waals surface area contributed by atoms with Gasteiger partial charge in [-0.15, -0.1) is 10.2 Å². The van der Waals surface area contributed by atoms with Gasteiger partial charge in [0.15, 0.2) is 5.65 Å². The van der Waals surface area contributed by atoms with Crippen molar-refractivity contribution in [2.24, 2.45) is 5.41 Å². The van der Waals surface area contributed by atoms with E-state index in [1.165, 1.54) is 48.7 Å². The number of hydrogen-bond acceptors (Lipinski definition) is 7. The first-order chi connectivity index (χ1) is 20.3. The van der Waals surface area contributed by atoms with Crippen LogP contribution in [-0.2, 0) is 27.5 Å². The number of halogens is 3. The first-order valence-corrected chi connectivity index (χ1v) is 15.2. The largest absolute Gasteiger partial charge is 0.481 e. The quantitative estimate of drug-likeness (QED) is 0.301. The van der Waals surface area contributed by atoms with Crippen molar-refractivity contribution in [2.75, 3.05) is 6.54 Å². The lowest BCUT2D eigenvalue weighted by molar-refractivity contribution is -0.147. The summed E-state index contributed by atoms with van der Waals surface area (Å²) < 4.78 is 76.3. The van der Waals surface area contributed by atoms with Crippen LogP contribution in [0.4, 0.5) is 13.2 Å². The highest BCUT2D eigenvalue weighted by molar-refractivity contribution is 7.89. The van der Waals surface area contributed by atoms with E-state index in [0.717, 1.165) is 9.96 Å². The molecule has 10 nitrogen and oxygen atoms in total. The molecule has 0 saturated carbocycles. The number of alkyl halides is 3. The van der Waals surface area contributed by atoms with E-state index < -0.39 is 44.9 Å². The highest BCUT2D eigenvalue weighted by atomic mass is 32.2. The van der Waals surface area contributed by atoms with Crippen molar-refractivity contribution < 1.29 is 36.2 Å². The predicted octanol–water partition coefficient (Wildman–Crippen LogP) is 5.36. The monoisotopic (exact) mass is 631 g/mol. The van der Waals surface area contributed by atoms with Crippen molar-refractivity contribution in [3.8, 4) is 5.88 Å². The van der Waals surface area contributed by atoms with Gasteiger partial charge in [-0.1, -0.05) is 18.2 Å². The number of rotatable bonds is 6. The van der Waals surface area contributed by atoms with Gasteiger partial charge in [-0.3, -0.25) is 9.20 Å². The summed E-state index contributed by atoms with van der Waals surface area (Å²) in [4.78, 5) is 16.7. The van der Waals surface area contributed by atoms with Gasteiger partial charge in [0.1, 0.15) is 10.5 Å². The standard InChI is InChI=1S/C30H32F3N5O5S/c1-17-9-10-19(14-20(17)15-37-16-28(3,4)43-25-22(44(37,41)42)8-7-12-34-25)23(29(5,6)27(39)40)21-11-13-38-24(18(21)2)35-36-26(38)30(31,32)33/h7-14,23H,15-16H2,1-6H3,(H,39,40)/t23-/m1/s1. The number of sulfonamides is 1. The lowest BCUT2D eigenvalue weighted by atomic mass is 9.70. The van der Waals surface area contributed by atoms with Crippen molar-refractivity contribution in [2.45, 2.75) is 70.7 Å². The van der Waals surface area contributed by atoms with Gasteiger partial charge in [0.05, 0.1) is 12.0 Å². The maximum absolute atomic E-state index is 13.8. The van der Waals surface area contributed by atoms with Gasteiger partial charge in [-0.2, -0.15) is 17.5 Å². The van der Waals surface area contributed by atoms with Crippen LogP contribution in [0.15, 0.2) is 53.7 Å². The van der Waals surface area contributed by atoms with Gasteiger partial charge >= 0.3 is 12.1 Å². The molecule has 234 valence electrons. The number of fused-ring (bicyclic) bond motifs is 2. The van der Waals surface area contributed by atoms with Crippen molar-refractivity contribution in [3.63, 3.8) is 0 Å². The Morgan fingerprint density at radius 3 is 2.50 bits per heavy atom. The summed E-state index contributed by atoms with van der Waals surface area (Å²) >= 11 is 0. The minimum atomic E-state index is -4.73. The zero-order valence-corrected chi connectivity index (χ0v) is 25.8. The maximum Gasteiger partial charge on any atom is 0.452 e. The van der Waals surface area contributed by atoms with E-state index in [2.05, 4.69) is 15.2 Å². The van der Waals surface area contributed by atoms with Gasteiger partial charge < -0.3 is 9.84 Å². The molecule has 1 aliphatic heterocycles. The molecule has 4 heterocycles. The van der Waals surface area contributed by atoms with Crippen LogP contribution >= 0.6 is 0 Å². The van der Waals surface area contributed by atoms with Gasteiger partial charge in [0.2, 0.25) is 21.7 Å². The van der Waals surface area contributed by atoms with E-state index in [1.807, 2.05) is 6.92 Å². The molecule has 44 heavy (non-hydrogen) atoms. The van der Waals surface area contributed by atoms with E-state index >= 15 is 0 Å². The number of aryl methyl sites for hydroxylation is 2. The molecular weight excluding hydrogens is 599 g/mol. The molecule has 0 aliphatic carbocycles. The van der Waals surface area contributed by atoms with E-state index in [-0.39, 0.29) is 29.5 Å². The van der Waals surface area contributed by atoms with E-state index in [1.54, 1.807) is 39.0 Å². The lowest BCUT2D eigenvalue weighted by Crippen LogP contribution is -2.42. The Balaban J connectivity index is 1.64. The summed E-state index contributed by atoms with van der Waals surface area (Å²) in [7, 11) is -4.03. The molecular formula is C30H32F3N5O5S. The zero-order valence-electron chi connectivity index (χ0n) is 25.0. The van der Waals surface area contributed by atoms with Crippen molar-refractivity contribution in [3.05, 3.63) is 82.4 Å². The maximum atomic E-state index is 13.8. The number of ether oxygens (including phenoxy) is 1. The molecule has 1 aromatic carbocycles. The fraction of sp³-hybridized carbons (Fsp3) is 0.400. The third kappa shape index (κ3) is 5.40. The molecule has 1 N–H and O–H groups in total. The SMILES string of the molecule is Cc1ccc([C@H](c2ccn3c(C(F)(F)F)nnc3c2C)C(C)(C)C(=O)O)cc1CN1CC(C)(C)Oc2ncccc2S1(=O)=O. The Bertz CT molecular complexity index is 1890. The van der Waals surface area contributed by atoms with Crippen LogP contribution in [0.5, 0.6) is 5.88 Å². The molecule has 0 amide bonds. The molecule has 5 rings (SSSR count). The summed E-state index contributed by atoms with van der Waals surface area (Å²) in [6, 6.07) is 9.72. The van der Waals surface area contributed by atoms with E-state index in [4.69, 9.17) is 4.74 Å². The molecule has 1 aliphatic rings. The first-order valence-electron chi connectivity index (χ1n) is 13.7. The van der Waals surface area contributed by atoms with Gasteiger partial charge in [-0.25, -0.2) is 13.4 Å². The molecule has 0 unspecified atom stereocenters. The topological polar surface area (TPSA) is 127 Å². The summed E-state index contributed by atoms with van der Waals surface area (Å²) in [5.74, 6) is -3.14. The fourth-order valence-electron chi connectivity index (χ4n) is 5.68. The minimum Gasteiger partial charge on any atom is -0.481 e. The number of carbonyl (C=O) groups is 1. The van der Waals surface area contributed by atoms with E-state index in [9.17, 15) is 31.5 Å². The fourth-order valence-corrected chi connectivity index (χ4v) is 7.31. The average Bonchev–Trinajstić information content (AvgIpc) is 3.34. The van der Waals surface area contributed by atoms with Crippen LogP contribution in [0.3, 0.4) is 0 Å². The van der Waals surface area contributed by atoms with Crippen LogP contribution in [0, 0.1) is 19.3 Å². The second-order valence-corrected chi connectivity index (χ2v) is 14.1. The van der Waals surface area contributed by atoms with Crippen molar-refractivity contribution in [1.29, 1.82) is 0 Å². The number of pyridine rings is 2. The van der Waals surface area contributed by atoms with Gasteiger partial charge in [-0.05, 0) is 87.6 Å². The van der Waals surface area contributed by atoms with Crippen molar-refractivity contribution in [1.82, 2.24) is 23.9 Å². The summed E-state index contributed by atoms with van der Waals surface area (Å²) in [5, 5.41) is 17.4. The number of aromatic nitrogens is 4. The second kappa shape index (κ2) is 10.5. The van der Waals surface area contributed by atoms with Crippen LogP contribution in [0.1, 0.15) is 67.3 Å². The molecule has 0 radical (unpaired) electrons. The highest BCUT2D eigenvalue weighted by Gasteiger charge is 2.43. The number of aliphatic carboxylic acids is 1. The Morgan fingerprint density at radius 2 is 1.84 bits per heavy atom. The Hall–Kier alpha value is -4.04. The van der Waals surface area contributed by atoms with Crippen molar-refractivity contribution >= 4 is 21.6 Å². The molecule has 0 spiro atoms. The minimum absolute atomic E-state index is 0.0155. The summed E-state index contributed by atoms with van der Waals surface area (Å²) in [6.07, 6.45) is -2.08. The molecule has 3 aromatic heterocycles. The van der Waals surface area contributed by atoms with Gasteiger partial charge in [0.25, 0.3) is 0 Å². The molecule has 0 fully saturated rings. The molecule has 0 bridgehead atoms. The second-order valence-electron chi connectivity index (χ2n) is 12.2. The van der Waals surface area contributed by atoms with E-state index in [0.29, 0.717) is 22.3 Å². The van der Waals surface area contributed by atoms with Crippen LogP contribution in [0.2, 0.25) is 0 Å². The number of hydrogen-bond donors (Lipinski definition) is 1. The average molecular weight is 632 g/mol. The number of carboxylic acids is 1.